The van der Waals surface area contributed by atoms with Gasteiger partial charge in [0.15, 0.2) is 5.15 Å². The molecule has 0 spiro atoms. The molecule has 1 aromatic heterocycles. The van der Waals surface area contributed by atoms with Crippen LogP contribution in [0.3, 0.4) is 0 Å². The Morgan fingerprint density at radius 1 is 1.32 bits per heavy atom. The van der Waals surface area contributed by atoms with E-state index in [1.807, 2.05) is 13.0 Å². The maximum atomic E-state index is 12.1. The Labute approximate surface area is 132 Å². The first-order chi connectivity index (χ1) is 8.97. The summed E-state index contributed by atoms with van der Waals surface area (Å²) in [5, 5.41) is 2.99. The molecule has 0 fully saturated rings. The quantitative estimate of drug-likeness (QED) is 0.729. The Balaban J connectivity index is 2.25. The summed E-state index contributed by atoms with van der Waals surface area (Å²) in [5.41, 5.74) is 2.03. The molecule has 0 bridgehead atoms. The zero-order chi connectivity index (χ0) is 14.0. The predicted molar refractivity (Wildman–Crippen MR) is 83.8 cm³/mol. The second-order valence-electron chi connectivity index (χ2n) is 3.91. The Morgan fingerprint density at radius 3 is 2.74 bits per heavy atom. The van der Waals surface area contributed by atoms with Crippen LogP contribution in [0.2, 0.25) is 5.15 Å². The summed E-state index contributed by atoms with van der Waals surface area (Å²) in [6, 6.07) is 7.09. The van der Waals surface area contributed by atoms with Crippen LogP contribution in [0, 0.1) is 6.92 Å². The minimum Gasteiger partial charge on any atom is -0.319 e. The van der Waals surface area contributed by atoms with Crippen LogP contribution >= 0.6 is 43.5 Å². The number of benzene rings is 1. The second kappa shape index (κ2) is 6.03. The fourth-order valence-electron chi connectivity index (χ4n) is 1.49. The van der Waals surface area contributed by atoms with Gasteiger partial charge in [-0.05, 0) is 52.7 Å². The summed E-state index contributed by atoms with van der Waals surface area (Å²) in [7, 11) is 0. The van der Waals surface area contributed by atoms with Crippen LogP contribution in [-0.2, 0) is 0 Å². The highest BCUT2D eigenvalue weighted by molar-refractivity contribution is 9.10. The smallest absolute Gasteiger partial charge is 0.255 e. The van der Waals surface area contributed by atoms with Crippen LogP contribution in [0.5, 0.6) is 0 Å². The largest absolute Gasteiger partial charge is 0.319 e. The average Bonchev–Trinajstić information content (AvgIpc) is 2.37. The second-order valence-corrected chi connectivity index (χ2v) is 6.04. The number of halogens is 3. The minimum absolute atomic E-state index is 0.225. The first kappa shape index (κ1) is 14.5. The molecule has 3 nitrogen and oxygen atoms in total. The number of amides is 1. The third-order valence-corrected chi connectivity index (χ3v) is 4.10. The summed E-state index contributed by atoms with van der Waals surface area (Å²) in [6.45, 7) is 1.93. The highest BCUT2D eigenvalue weighted by Gasteiger charge is 2.10. The lowest BCUT2D eigenvalue weighted by Crippen LogP contribution is -2.12. The molecule has 1 aromatic carbocycles. The van der Waals surface area contributed by atoms with Crippen LogP contribution in [0.1, 0.15) is 15.9 Å². The van der Waals surface area contributed by atoms with Crippen molar-refractivity contribution < 1.29 is 4.79 Å². The normalized spacial score (nSPS) is 10.3. The molecule has 0 aliphatic rings. The number of carbonyl (C=O) groups excluding carboxylic acids is 1. The molecule has 0 aliphatic carbocycles. The molecule has 6 heteroatoms. The molecule has 1 amide bonds. The molecule has 0 saturated heterocycles. The number of hydrogen-bond acceptors (Lipinski definition) is 2. The standard InChI is InChI=1S/C13H9Br2ClN2O/c1-7-4-8(2-3-10(7)15)13(19)18-11-5-9(14)6-17-12(11)16/h2-6H,1H3,(H,18,19). The lowest BCUT2D eigenvalue weighted by atomic mass is 10.1. The Bertz CT molecular complexity index is 647. The molecular weight excluding hydrogens is 395 g/mol. The van der Waals surface area contributed by atoms with Crippen molar-refractivity contribution in [3.63, 3.8) is 0 Å². The van der Waals surface area contributed by atoms with Gasteiger partial charge in [0.2, 0.25) is 0 Å². The van der Waals surface area contributed by atoms with E-state index < -0.39 is 0 Å². The average molecular weight is 404 g/mol. The van der Waals surface area contributed by atoms with Gasteiger partial charge in [-0.25, -0.2) is 4.98 Å². The van der Waals surface area contributed by atoms with Crippen LogP contribution < -0.4 is 5.32 Å². The van der Waals surface area contributed by atoms with Crippen LogP contribution in [-0.4, -0.2) is 10.9 Å². The number of aromatic nitrogens is 1. The van der Waals surface area contributed by atoms with Gasteiger partial charge in [0.05, 0.1) is 5.69 Å². The third kappa shape index (κ3) is 3.55. The molecule has 0 saturated carbocycles. The molecule has 1 N–H and O–H groups in total. The van der Waals surface area contributed by atoms with Crippen LogP contribution in [0.4, 0.5) is 5.69 Å². The van der Waals surface area contributed by atoms with Gasteiger partial charge < -0.3 is 5.32 Å². The molecule has 0 radical (unpaired) electrons. The Hall–Kier alpha value is -0.910. The maximum absolute atomic E-state index is 12.1. The predicted octanol–water partition coefficient (Wildman–Crippen LogP) is 4.82. The topological polar surface area (TPSA) is 42.0 Å². The van der Waals surface area contributed by atoms with Crippen molar-refractivity contribution in [2.75, 3.05) is 5.32 Å². The monoisotopic (exact) mass is 402 g/mol. The van der Waals surface area contributed by atoms with E-state index in [0.29, 0.717) is 11.3 Å². The van der Waals surface area contributed by atoms with Gasteiger partial charge in [0, 0.05) is 20.7 Å². The zero-order valence-corrected chi connectivity index (χ0v) is 13.8. The van der Waals surface area contributed by atoms with E-state index in [2.05, 4.69) is 42.2 Å². The Morgan fingerprint density at radius 2 is 2.05 bits per heavy atom. The summed E-state index contributed by atoms with van der Waals surface area (Å²) in [6.07, 6.45) is 1.57. The van der Waals surface area contributed by atoms with Crippen molar-refractivity contribution in [1.82, 2.24) is 4.98 Å². The molecule has 0 atom stereocenters. The van der Waals surface area contributed by atoms with Gasteiger partial charge in [-0.2, -0.15) is 0 Å². The van der Waals surface area contributed by atoms with Gasteiger partial charge in [-0.1, -0.05) is 27.5 Å². The SMILES string of the molecule is Cc1cc(C(=O)Nc2cc(Br)cnc2Cl)ccc1Br. The number of anilines is 1. The summed E-state index contributed by atoms with van der Waals surface area (Å²) < 4.78 is 1.71. The zero-order valence-electron chi connectivity index (χ0n) is 9.88. The fourth-order valence-corrected chi connectivity index (χ4v) is 2.22. The highest BCUT2D eigenvalue weighted by Crippen LogP contribution is 2.24. The number of pyridine rings is 1. The molecule has 0 unspecified atom stereocenters. The van der Waals surface area contributed by atoms with E-state index in [9.17, 15) is 4.79 Å². The van der Waals surface area contributed by atoms with Gasteiger partial charge in [0.25, 0.3) is 5.91 Å². The van der Waals surface area contributed by atoms with Crippen molar-refractivity contribution in [1.29, 1.82) is 0 Å². The Kier molecular flexibility index (Phi) is 4.60. The number of nitrogens with one attached hydrogen (secondary N) is 1. The fraction of sp³-hybridized carbons (Fsp3) is 0.0769. The summed E-state index contributed by atoms with van der Waals surface area (Å²) >= 11 is 12.6. The number of carbonyl (C=O) groups is 1. The summed E-state index contributed by atoms with van der Waals surface area (Å²) in [4.78, 5) is 16.1. The molecule has 0 aliphatic heterocycles. The first-order valence-electron chi connectivity index (χ1n) is 5.36. The van der Waals surface area contributed by atoms with E-state index in [4.69, 9.17) is 11.6 Å². The van der Waals surface area contributed by atoms with Gasteiger partial charge in [-0.3, -0.25) is 4.79 Å². The van der Waals surface area contributed by atoms with Crippen molar-refractivity contribution in [2.45, 2.75) is 6.92 Å². The number of nitrogens with zero attached hydrogens (tertiary/aromatic N) is 1. The summed E-state index contributed by atoms with van der Waals surface area (Å²) in [5.74, 6) is -0.225. The molecule has 2 aromatic rings. The number of aryl methyl sites for hydroxylation is 1. The van der Waals surface area contributed by atoms with Crippen molar-refractivity contribution in [3.05, 3.63) is 55.7 Å². The van der Waals surface area contributed by atoms with E-state index in [1.54, 1.807) is 24.4 Å². The number of hydrogen-bond donors (Lipinski definition) is 1. The van der Waals surface area contributed by atoms with E-state index in [1.165, 1.54) is 0 Å². The van der Waals surface area contributed by atoms with Crippen LogP contribution in [0.25, 0.3) is 0 Å². The van der Waals surface area contributed by atoms with Crippen LogP contribution in [0.15, 0.2) is 39.4 Å². The van der Waals surface area contributed by atoms with Crippen molar-refractivity contribution in [2.24, 2.45) is 0 Å². The van der Waals surface area contributed by atoms with Gasteiger partial charge in [0.1, 0.15) is 0 Å². The van der Waals surface area contributed by atoms with E-state index >= 15 is 0 Å². The first-order valence-corrected chi connectivity index (χ1v) is 7.32. The molecule has 2 rings (SSSR count). The third-order valence-electron chi connectivity index (χ3n) is 2.47. The molecule has 1 heterocycles. The molecule has 98 valence electrons. The van der Waals surface area contributed by atoms with Gasteiger partial charge >= 0.3 is 0 Å². The number of rotatable bonds is 2. The lowest BCUT2D eigenvalue weighted by Gasteiger charge is -2.08. The minimum atomic E-state index is -0.225. The molecule has 19 heavy (non-hydrogen) atoms. The van der Waals surface area contributed by atoms with Crippen molar-refractivity contribution >= 4 is 55.1 Å². The lowest BCUT2D eigenvalue weighted by molar-refractivity contribution is 0.102. The highest BCUT2D eigenvalue weighted by atomic mass is 79.9. The van der Waals surface area contributed by atoms with E-state index in [0.717, 1.165) is 14.5 Å². The van der Waals surface area contributed by atoms with E-state index in [-0.39, 0.29) is 11.1 Å². The molecular formula is C13H9Br2ClN2O. The van der Waals surface area contributed by atoms with Gasteiger partial charge in [-0.15, -0.1) is 0 Å². The maximum Gasteiger partial charge on any atom is 0.255 e. The van der Waals surface area contributed by atoms with Crippen molar-refractivity contribution in [3.8, 4) is 0 Å².